The summed E-state index contributed by atoms with van der Waals surface area (Å²) in [4.78, 5) is 0. The number of ether oxygens (including phenoxy) is 1. The number of rotatable bonds is 6. The van der Waals surface area contributed by atoms with E-state index in [4.69, 9.17) is 4.74 Å². The van der Waals surface area contributed by atoms with Crippen LogP contribution >= 0.6 is 0 Å². The van der Waals surface area contributed by atoms with E-state index in [9.17, 15) is 8.42 Å². The first-order chi connectivity index (χ1) is 7.97. The van der Waals surface area contributed by atoms with Crippen LogP contribution in [0.5, 0.6) is 0 Å². The van der Waals surface area contributed by atoms with Crippen LogP contribution in [0.4, 0.5) is 0 Å². The maximum atomic E-state index is 12.2. The molecule has 1 N–H and O–H groups in total. The quantitative estimate of drug-likeness (QED) is 0.755. The molecule has 0 amide bonds. The highest BCUT2D eigenvalue weighted by Gasteiger charge is 2.31. The molecule has 6 heteroatoms. The normalized spacial score (nSPS) is 23.2. The number of nitrogens with one attached hydrogen (secondary N) is 1. The SMILES string of the molecule is CCC1COCCN1S(=O)(=O)CCNC(C)C. The molecule has 0 aromatic rings. The molecule has 0 radical (unpaired) electrons. The van der Waals surface area contributed by atoms with Crippen molar-refractivity contribution >= 4 is 10.0 Å². The summed E-state index contributed by atoms with van der Waals surface area (Å²) in [6.07, 6.45) is 0.802. The molecule has 17 heavy (non-hydrogen) atoms. The van der Waals surface area contributed by atoms with Gasteiger partial charge in [0, 0.05) is 25.2 Å². The van der Waals surface area contributed by atoms with Crippen LogP contribution in [0.1, 0.15) is 27.2 Å². The molecule has 1 saturated heterocycles. The molecule has 0 bridgehead atoms. The van der Waals surface area contributed by atoms with Crippen LogP contribution in [0.2, 0.25) is 0 Å². The molecule has 1 aliphatic rings. The highest BCUT2D eigenvalue weighted by Crippen LogP contribution is 2.15. The Balaban J connectivity index is 2.55. The molecule has 0 aromatic heterocycles. The molecule has 0 saturated carbocycles. The van der Waals surface area contributed by atoms with Gasteiger partial charge in [0.1, 0.15) is 0 Å². The third-order valence-electron chi connectivity index (χ3n) is 2.91. The molecular formula is C11H24N2O3S. The summed E-state index contributed by atoms with van der Waals surface area (Å²) in [6, 6.07) is 0.324. The molecule has 1 fully saturated rings. The topological polar surface area (TPSA) is 58.6 Å². The highest BCUT2D eigenvalue weighted by atomic mass is 32.2. The van der Waals surface area contributed by atoms with Crippen molar-refractivity contribution in [1.29, 1.82) is 0 Å². The van der Waals surface area contributed by atoms with E-state index < -0.39 is 10.0 Å². The maximum Gasteiger partial charge on any atom is 0.215 e. The first kappa shape index (κ1) is 14.9. The Labute approximate surface area is 105 Å². The summed E-state index contributed by atoms with van der Waals surface area (Å²) < 4.78 is 31.3. The molecule has 1 heterocycles. The second-order valence-corrected chi connectivity index (χ2v) is 6.71. The largest absolute Gasteiger partial charge is 0.378 e. The lowest BCUT2D eigenvalue weighted by atomic mass is 10.2. The van der Waals surface area contributed by atoms with Crippen LogP contribution < -0.4 is 5.32 Å². The third-order valence-corrected chi connectivity index (χ3v) is 4.83. The maximum absolute atomic E-state index is 12.2. The summed E-state index contributed by atoms with van der Waals surface area (Å²) in [5.74, 6) is 0.168. The number of morpholine rings is 1. The minimum absolute atomic E-state index is 0.00722. The second kappa shape index (κ2) is 6.68. The summed E-state index contributed by atoms with van der Waals surface area (Å²) >= 11 is 0. The highest BCUT2D eigenvalue weighted by molar-refractivity contribution is 7.89. The Morgan fingerprint density at radius 3 is 2.76 bits per heavy atom. The zero-order chi connectivity index (χ0) is 12.9. The fraction of sp³-hybridized carbons (Fsp3) is 1.00. The van der Waals surface area contributed by atoms with Gasteiger partial charge in [0.15, 0.2) is 0 Å². The minimum atomic E-state index is -3.15. The summed E-state index contributed by atoms with van der Waals surface area (Å²) in [6.45, 7) is 8.04. The van der Waals surface area contributed by atoms with Gasteiger partial charge in [0.25, 0.3) is 0 Å². The van der Waals surface area contributed by atoms with Gasteiger partial charge < -0.3 is 10.1 Å². The van der Waals surface area contributed by atoms with E-state index in [2.05, 4.69) is 5.32 Å². The molecule has 102 valence electrons. The fourth-order valence-electron chi connectivity index (χ4n) is 1.92. The van der Waals surface area contributed by atoms with Gasteiger partial charge in [-0.3, -0.25) is 0 Å². The average molecular weight is 264 g/mol. The van der Waals surface area contributed by atoms with Gasteiger partial charge in [0.2, 0.25) is 10.0 Å². The van der Waals surface area contributed by atoms with Crippen LogP contribution in [-0.4, -0.2) is 56.9 Å². The second-order valence-electron chi connectivity index (χ2n) is 4.67. The van der Waals surface area contributed by atoms with E-state index in [-0.39, 0.29) is 11.8 Å². The van der Waals surface area contributed by atoms with Gasteiger partial charge >= 0.3 is 0 Å². The van der Waals surface area contributed by atoms with Gasteiger partial charge in [-0.25, -0.2) is 8.42 Å². The third kappa shape index (κ3) is 4.54. The lowest BCUT2D eigenvalue weighted by molar-refractivity contribution is 0.0314. The Hall–Kier alpha value is -0.170. The van der Waals surface area contributed by atoms with Crippen molar-refractivity contribution in [3.05, 3.63) is 0 Å². The Morgan fingerprint density at radius 2 is 2.18 bits per heavy atom. The van der Waals surface area contributed by atoms with Gasteiger partial charge in [-0.15, -0.1) is 0 Å². The molecule has 1 rings (SSSR count). The van der Waals surface area contributed by atoms with Crippen LogP contribution in [0.15, 0.2) is 0 Å². The lowest BCUT2D eigenvalue weighted by Gasteiger charge is -2.34. The number of hydrogen-bond donors (Lipinski definition) is 1. The van der Waals surface area contributed by atoms with Crippen LogP contribution in [-0.2, 0) is 14.8 Å². The molecule has 0 aliphatic carbocycles. The first-order valence-corrected chi connectivity index (χ1v) is 7.89. The summed E-state index contributed by atoms with van der Waals surface area (Å²) in [7, 11) is -3.15. The predicted molar refractivity (Wildman–Crippen MR) is 68.5 cm³/mol. The Kier molecular flexibility index (Phi) is 5.85. The van der Waals surface area contributed by atoms with E-state index in [1.165, 1.54) is 0 Å². The lowest BCUT2D eigenvalue weighted by Crippen LogP contribution is -2.50. The van der Waals surface area contributed by atoms with Crippen molar-refractivity contribution in [2.75, 3.05) is 32.1 Å². The van der Waals surface area contributed by atoms with Gasteiger partial charge in [0.05, 0.1) is 19.0 Å². The standard InChI is InChI=1S/C11H24N2O3S/c1-4-11-9-16-7-6-13(11)17(14,15)8-5-12-10(2)3/h10-12H,4-9H2,1-3H3. The first-order valence-electron chi connectivity index (χ1n) is 6.28. The van der Waals surface area contributed by atoms with Crippen molar-refractivity contribution in [3.63, 3.8) is 0 Å². The van der Waals surface area contributed by atoms with Crippen LogP contribution in [0.3, 0.4) is 0 Å². The molecule has 0 aromatic carbocycles. The zero-order valence-electron chi connectivity index (χ0n) is 11.0. The van der Waals surface area contributed by atoms with E-state index >= 15 is 0 Å². The monoisotopic (exact) mass is 264 g/mol. The van der Waals surface area contributed by atoms with Crippen molar-refractivity contribution in [2.45, 2.75) is 39.3 Å². The summed E-state index contributed by atoms with van der Waals surface area (Å²) in [5, 5.41) is 3.14. The van der Waals surface area contributed by atoms with Crippen LogP contribution in [0.25, 0.3) is 0 Å². The molecule has 1 atom stereocenters. The van der Waals surface area contributed by atoms with Crippen LogP contribution in [0, 0.1) is 0 Å². The zero-order valence-corrected chi connectivity index (χ0v) is 11.8. The summed E-state index contributed by atoms with van der Waals surface area (Å²) in [5.41, 5.74) is 0. The minimum Gasteiger partial charge on any atom is -0.378 e. The van der Waals surface area contributed by atoms with E-state index in [0.717, 1.165) is 6.42 Å². The van der Waals surface area contributed by atoms with Crippen molar-refractivity contribution < 1.29 is 13.2 Å². The molecular weight excluding hydrogens is 240 g/mol. The van der Waals surface area contributed by atoms with Crippen molar-refractivity contribution in [1.82, 2.24) is 9.62 Å². The van der Waals surface area contributed by atoms with Gasteiger partial charge in [-0.05, 0) is 6.42 Å². The molecule has 5 nitrogen and oxygen atoms in total. The van der Waals surface area contributed by atoms with Gasteiger partial charge in [-0.1, -0.05) is 20.8 Å². The number of hydrogen-bond acceptors (Lipinski definition) is 4. The molecule has 0 spiro atoms. The molecule has 1 aliphatic heterocycles. The average Bonchev–Trinajstić information content (AvgIpc) is 2.28. The number of nitrogens with zero attached hydrogens (tertiary/aromatic N) is 1. The number of sulfonamides is 1. The Bertz CT molecular complexity index is 317. The van der Waals surface area contributed by atoms with Gasteiger partial charge in [-0.2, -0.15) is 4.31 Å². The smallest absolute Gasteiger partial charge is 0.215 e. The Morgan fingerprint density at radius 1 is 1.47 bits per heavy atom. The molecule has 1 unspecified atom stereocenters. The van der Waals surface area contributed by atoms with Crippen molar-refractivity contribution in [2.24, 2.45) is 0 Å². The van der Waals surface area contributed by atoms with E-state index in [1.54, 1.807) is 4.31 Å². The predicted octanol–water partition coefficient (Wildman–Crippen LogP) is 0.425. The van der Waals surface area contributed by atoms with Crippen molar-refractivity contribution in [3.8, 4) is 0 Å². The van der Waals surface area contributed by atoms with E-state index in [1.807, 2.05) is 20.8 Å². The fourth-order valence-corrected chi connectivity index (χ4v) is 3.55. The van der Waals surface area contributed by atoms with E-state index in [0.29, 0.717) is 32.3 Å².